The van der Waals surface area contributed by atoms with E-state index in [0.29, 0.717) is 5.92 Å². The summed E-state index contributed by atoms with van der Waals surface area (Å²) < 4.78 is 0. The lowest BCUT2D eigenvalue weighted by molar-refractivity contribution is -0.119. The summed E-state index contributed by atoms with van der Waals surface area (Å²) in [7, 11) is 0. The van der Waals surface area contributed by atoms with Gasteiger partial charge in [-0.25, -0.2) is 0 Å². The molecule has 0 spiro atoms. The molecule has 1 rings (SSSR count). The fraction of sp³-hybridized carbons (Fsp3) is 0.857. The Morgan fingerprint density at radius 2 is 1.91 bits per heavy atom. The van der Waals surface area contributed by atoms with E-state index in [1.165, 1.54) is 0 Å². The molecule has 0 saturated heterocycles. The SMILES string of the molecule is C[C@H]1C[C@H](Br)C(=O)[C@@H](Br)[C@@H]1Br. The van der Waals surface area contributed by atoms with Gasteiger partial charge in [-0.3, -0.25) is 4.79 Å². The van der Waals surface area contributed by atoms with E-state index in [1.807, 2.05) is 0 Å². The molecule has 0 unspecified atom stereocenters. The Morgan fingerprint density at radius 3 is 2.45 bits per heavy atom. The van der Waals surface area contributed by atoms with Crippen molar-refractivity contribution in [3.05, 3.63) is 0 Å². The highest BCUT2D eigenvalue weighted by Crippen LogP contribution is 2.35. The monoisotopic (exact) mass is 346 g/mol. The number of carbonyl (C=O) groups is 1. The molecular formula is C7H9Br3O. The van der Waals surface area contributed by atoms with Crippen LogP contribution in [0, 0.1) is 5.92 Å². The Hall–Kier alpha value is 1.11. The molecule has 0 aliphatic heterocycles. The molecule has 1 fully saturated rings. The molecule has 0 bridgehead atoms. The smallest absolute Gasteiger partial charge is 0.161 e. The third kappa shape index (κ3) is 2.07. The van der Waals surface area contributed by atoms with E-state index in [4.69, 9.17) is 0 Å². The van der Waals surface area contributed by atoms with Gasteiger partial charge < -0.3 is 0 Å². The zero-order chi connectivity index (χ0) is 8.59. The van der Waals surface area contributed by atoms with Crippen LogP contribution < -0.4 is 0 Å². The Balaban J connectivity index is 2.70. The van der Waals surface area contributed by atoms with Gasteiger partial charge in [-0.2, -0.15) is 0 Å². The minimum Gasteiger partial charge on any atom is -0.297 e. The van der Waals surface area contributed by atoms with Crippen molar-refractivity contribution in [1.82, 2.24) is 0 Å². The highest BCUT2D eigenvalue weighted by atomic mass is 79.9. The average molecular weight is 349 g/mol. The molecule has 4 atom stereocenters. The summed E-state index contributed by atoms with van der Waals surface area (Å²) in [5, 5.41) is 0. The summed E-state index contributed by atoms with van der Waals surface area (Å²) in [4.78, 5) is 11.6. The molecule has 1 nitrogen and oxygen atoms in total. The van der Waals surface area contributed by atoms with Crippen LogP contribution in [0.4, 0.5) is 0 Å². The number of Topliss-reactive ketones (excluding diaryl/α,β-unsaturated/α-hetero) is 1. The van der Waals surface area contributed by atoms with E-state index in [9.17, 15) is 4.79 Å². The maximum Gasteiger partial charge on any atom is 0.161 e. The second-order valence-corrected chi connectivity index (χ2v) is 6.08. The lowest BCUT2D eigenvalue weighted by Gasteiger charge is -2.30. The fourth-order valence-electron chi connectivity index (χ4n) is 1.19. The van der Waals surface area contributed by atoms with Crippen molar-refractivity contribution < 1.29 is 4.79 Å². The van der Waals surface area contributed by atoms with Crippen molar-refractivity contribution in [3.8, 4) is 0 Å². The maximum atomic E-state index is 11.4. The molecule has 0 N–H and O–H groups in total. The zero-order valence-corrected chi connectivity index (χ0v) is 10.8. The summed E-state index contributed by atoms with van der Waals surface area (Å²) in [6.07, 6.45) is 0.927. The molecule has 0 heterocycles. The van der Waals surface area contributed by atoms with Crippen molar-refractivity contribution in [2.24, 2.45) is 5.92 Å². The second-order valence-electron chi connectivity index (χ2n) is 2.93. The fourth-order valence-corrected chi connectivity index (χ4v) is 3.74. The molecule has 64 valence electrons. The van der Waals surface area contributed by atoms with E-state index in [0.717, 1.165) is 6.42 Å². The van der Waals surface area contributed by atoms with Gasteiger partial charge in [0.2, 0.25) is 0 Å². The molecule has 0 aromatic heterocycles. The third-order valence-corrected chi connectivity index (χ3v) is 5.97. The van der Waals surface area contributed by atoms with E-state index in [2.05, 4.69) is 54.7 Å². The molecule has 1 aliphatic rings. The molecular weight excluding hydrogens is 340 g/mol. The number of rotatable bonds is 0. The predicted molar refractivity (Wildman–Crippen MR) is 56.9 cm³/mol. The molecule has 1 aliphatic carbocycles. The van der Waals surface area contributed by atoms with Crippen LogP contribution in [0.15, 0.2) is 0 Å². The molecule has 11 heavy (non-hydrogen) atoms. The quantitative estimate of drug-likeness (QED) is 0.615. The molecule has 0 amide bonds. The lowest BCUT2D eigenvalue weighted by atomic mass is 9.90. The van der Waals surface area contributed by atoms with Gasteiger partial charge in [0, 0.05) is 4.83 Å². The molecule has 1 saturated carbocycles. The zero-order valence-electron chi connectivity index (χ0n) is 6.06. The number of hydrogen-bond donors (Lipinski definition) is 0. The standard InChI is InChI=1S/C7H9Br3O/c1-3-2-4(8)7(11)6(10)5(3)9/h3-6H,2H2,1H3/t3-,4-,5+,6-/m0/s1. The average Bonchev–Trinajstić information content (AvgIpc) is 1.97. The Labute approximate surface area is 91.7 Å². The Kier molecular flexibility index (Phi) is 3.59. The molecule has 0 aromatic carbocycles. The van der Waals surface area contributed by atoms with Crippen LogP contribution in [0.25, 0.3) is 0 Å². The number of hydrogen-bond acceptors (Lipinski definition) is 1. The van der Waals surface area contributed by atoms with Gasteiger partial charge in [0.1, 0.15) is 0 Å². The largest absolute Gasteiger partial charge is 0.297 e. The number of alkyl halides is 3. The van der Waals surface area contributed by atoms with Crippen molar-refractivity contribution in [3.63, 3.8) is 0 Å². The topological polar surface area (TPSA) is 17.1 Å². The van der Waals surface area contributed by atoms with E-state index in [1.54, 1.807) is 0 Å². The number of halogens is 3. The maximum absolute atomic E-state index is 11.4. The third-order valence-electron chi connectivity index (χ3n) is 1.98. The first-order chi connectivity index (χ1) is 5.04. The van der Waals surface area contributed by atoms with Crippen LogP contribution in [-0.4, -0.2) is 20.3 Å². The van der Waals surface area contributed by atoms with Gasteiger partial charge in [-0.15, -0.1) is 0 Å². The molecule has 0 radical (unpaired) electrons. The van der Waals surface area contributed by atoms with Gasteiger partial charge in [-0.1, -0.05) is 54.7 Å². The van der Waals surface area contributed by atoms with Crippen LogP contribution in [0.1, 0.15) is 13.3 Å². The summed E-state index contributed by atoms with van der Waals surface area (Å²) in [5.74, 6) is 0.798. The summed E-state index contributed by atoms with van der Waals surface area (Å²) in [5.41, 5.74) is 0. The van der Waals surface area contributed by atoms with Crippen LogP contribution in [0.5, 0.6) is 0 Å². The second kappa shape index (κ2) is 3.88. The summed E-state index contributed by atoms with van der Waals surface area (Å²) in [6.45, 7) is 2.15. The van der Waals surface area contributed by atoms with Gasteiger partial charge in [0.05, 0.1) is 9.65 Å². The summed E-state index contributed by atoms with van der Waals surface area (Å²) >= 11 is 10.2. The van der Waals surface area contributed by atoms with Crippen LogP contribution in [-0.2, 0) is 4.79 Å². The molecule has 4 heteroatoms. The highest BCUT2D eigenvalue weighted by Gasteiger charge is 2.38. The first-order valence-electron chi connectivity index (χ1n) is 3.50. The number of ketones is 1. The summed E-state index contributed by atoms with van der Waals surface area (Å²) in [6, 6.07) is 0. The van der Waals surface area contributed by atoms with Crippen molar-refractivity contribution in [1.29, 1.82) is 0 Å². The van der Waals surface area contributed by atoms with Gasteiger partial charge in [-0.05, 0) is 12.3 Å². The van der Waals surface area contributed by atoms with Gasteiger partial charge >= 0.3 is 0 Å². The minimum atomic E-state index is -0.0318. The van der Waals surface area contributed by atoms with Crippen molar-refractivity contribution >= 4 is 53.6 Å². The van der Waals surface area contributed by atoms with E-state index >= 15 is 0 Å². The van der Waals surface area contributed by atoms with Crippen LogP contribution in [0.3, 0.4) is 0 Å². The van der Waals surface area contributed by atoms with Gasteiger partial charge in [0.25, 0.3) is 0 Å². The predicted octanol–water partition coefficient (Wildman–Crippen LogP) is 2.89. The van der Waals surface area contributed by atoms with Crippen LogP contribution >= 0.6 is 47.8 Å². The lowest BCUT2D eigenvalue weighted by Crippen LogP contribution is -2.41. The molecule has 0 aromatic rings. The highest BCUT2D eigenvalue weighted by molar-refractivity contribution is 9.12. The minimum absolute atomic E-state index is 0.0318. The van der Waals surface area contributed by atoms with Crippen LogP contribution in [0.2, 0.25) is 0 Å². The van der Waals surface area contributed by atoms with E-state index < -0.39 is 0 Å². The number of carbonyl (C=O) groups excluding carboxylic acids is 1. The Morgan fingerprint density at radius 1 is 1.36 bits per heavy atom. The first kappa shape index (κ1) is 10.2. The first-order valence-corrected chi connectivity index (χ1v) is 6.24. The normalized spacial score (nSPS) is 46.0. The van der Waals surface area contributed by atoms with Crippen molar-refractivity contribution in [2.75, 3.05) is 0 Å². The van der Waals surface area contributed by atoms with Gasteiger partial charge in [0.15, 0.2) is 5.78 Å². The Bertz CT molecular complexity index is 171. The van der Waals surface area contributed by atoms with Crippen molar-refractivity contribution in [2.45, 2.75) is 27.8 Å². The van der Waals surface area contributed by atoms with E-state index in [-0.39, 0.29) is 20.3 Å².